The number of aliphatic hydroxyl groups is 1. The lowest BCUT2D eigenvalue weighted by Crippen LogP contribution is -2.36. The van der Waals surface area contributed by atoms with Gasteiger partial charge in [0.05, 0.1) is 16.3 Å². The van der Waals surface area contributed by atoms with Gasteiger partial charge in [-0.25, -0.2) is 0 Å². The molecular weight excluding hydrogens is 180 g/mol. The maximum Gasteiger partial charge on any atom is 0.346 e. The molecule has 1 rings (SSSR count). The Hall–Kier alpha value is -1.76. The summed E-state index contributed by atoms with van der Waals surface area (Å²) in [6, 6.07) is 0. The van der Waals surface area contributed by atoms with Crippen LogP contribution in [0.25, 0.3) is 0 Å². The first kappa shape index (κ1) is 9.33. The van der Waals surface area contributed by atoms with Crippen molar-refractivity contribution in [3.63, 3.8) is 0 Å². The van der Waals surface area contributed by atoms with Crippen LogP contribution in [-0.4, -0.2) is 20.7 Å². The van der Waals surface area contributed by atoms with Gasteiger partial charge in [-0.15, -0.1) is 0 Å². The molecule has 1 unspecified atom stereocenters. The Bertz CT molecular complexity index is 321. The third-order valence-corrected chi connectivity index (χ3v) is 1.66. The Balaban J connectivity index is 2.85. The lowest BCUT2D eigenvalue weighted by Gasteiger charge is -2.14. The summed E-state index contributed by atoms with van der Waals surface area (Å²) in [6.45, 7) is 0. The molecule has 0 aromatic rings. The van der Waals surface area contributed by atoms with Crippen LogP contribution in [0.1, 0.15) is 6.42 Å². The highest BCUT2D eigenvalue weighted by atomic mass is 16.7. The molecule has 1 N–H and O–H groups in total. The van der Waals surface area contributed by atoms with Crippen LogP contribution in [0, 0.1) is 20.2 Å². The zero-order chi connectivity index (χ0) is 10.1. The quantitative estimate of drug-likeness (QED) is 0.373. The summed E-state index contributed by atoms with van der Waals surface area (Å²) in [4.78, 5) is 18.9. The molecule has 0 saturated heterocycles. The molecule has 0 aliphatic heterocycles. The van der Waals surface area contributed by atoms with Gasteiger partial charge in [0.15, 0.2) is 0 Å². The molecule has 70 valence electrons. The molecule has 0 saturated carbocycles. The maximum absolute atomic E-state index is 10.3. The van der Waals surface area contributed by atoms with E-state index < -0.39 is 15.6 Å². The molecule has 0 heterocycles. The Labute approximate surface area is 72.3 Å². The minimum absolute atomic E-state index is 0.244. The van der Waals surface area contributed by atoms with Gasteiger partial charge in [-0.1, -0.05) is 0 Å². The molecule has 0 fully saturated rings. The maximum atomic E-state index is 10.3. The van der Waals surface area contributed by atoms with Crippen molar-refractivity contribution in [1.29, 1.82) is 0 Å². The van der Waals surface area contributed by atoms with Crippen molar-refractivity contribution in [1.82, 2.24) is 0 Å². The molecular formula is C6H6N2O5. The van der Waals surface area contributed by atoms with Crippen molar-refractivity contribution in [3.8, 4) is 0 Å². The topological polar surface area (TPSA) is 107 Å². The van der Waals surface area contributed by atoms with E-state index in [1.807, 2.05) is 0 Å². The number of nitro groups is 2. The normalized spacial score (nSPS) is 26.7. The van der Waals surface area contributed by atoms with Crippen LogP contribution in [0.15, 0.2) is 23.9 Å². The first-order valence-corrected chi connectivity index (χ1v) is 3.36. The first-order valence-electron chi connectivity index (χ1n) is 3.36. The van der Waals surface area contributed by atoms with Gasteiger partial charge in [0.2, 0.25) is 0 Å². The van der Waals surface area contributed by atoms with Crippen LogP contribution in [0.4, 0.5) is 0 Å². The van der Waals surface area contributed by atoms with E-state index in [0.717, 1.165) is 18.2 Å². The molecule has 0 aromatic heterocycles. The van der Waals surface area contributed by atoms with E-state index >= 15 is 0 Å². The third kappa shape index (κ3) is 1.70. The van der Waals surface area contributed by atoms with E-state index in [4.69, 9.17) is 0 Å². The fraction of sp³-hybridized carbons (Fsp3) is 0.333. The predicted octanol–water partition coefficient (Wildman–Crippen LogP) is 0.0722. The molecule has 1 aliphatic rings. The molecule has 0 spiro atoms. The van der Waals surface area contributed by atoms with Gasteiger partial charge < -0.3 is 5.11 Å². The minimum Gasteiger partial charge on any atom is -0.327 e. The van der Waals surface area contributed by atoms with Crippen molar-refractivity contribution in [3.05, 3.63) is 44.2 Å². The Kier molecular flexibility index (Phi) is 2.11. The smallest absolute Gasteiger partial charge is 0.327 e. The molecule has 0 radical (unpaired) electrons. The van der Waals surface area contributed by atoms with Crippen molar-refractivity contribution >= 4 is 0 Å². The van der Waals surface area contributed by atoms with E-state index in [-0.39, 0.29) is 12.1 Å². The monoisotopic (exact) mass is 186 g/mol. The first-order chi connectivity index (χ1) is 5.96. The van der Waals surface area contributed by atoms with Crippen molar-refractivity contribution in [2.75, 3.05) is 0 Å². The Morgan fingerprint density at radius 1 is 1.46 bits per heavy atom. The van der Waals surface area contributed by atoms with Crippen LogP contribution in [0.3, 0.4) is 0 Å². The van der Waals surface area contributed by atoms with Crippen LogP contribution >= 0.6 is 0 Å². The zero-order valence-electron chi connectivity index (χ0n) is 6.41. The largest absolute Gasteiger partial charge is 0.346 e. The molecule has 1 aliphatic carbocycles. The number of hydrogen-bond donors (Lipinski definition) is 1. The van der Waals surface area contributed by atoms with Gasteiger partial charge in [-0.3, -0.25) is 20.2 Å². The highest BCUT2D eigenvalue weighted by molar-refractivity contribution is 5.20. The highest BCUT2D eigenvalue weighted by Gasteiger charge is 2.39. The Morgan fingerprint density at radius 2 is 2.08 bits per heavy atom. The van der Waals surface area contributed by atoms with E-state index in [1.54, 1.807) is 0 Å². The zero-order valence-corrected chi connectivity index (χ0v) is 6.41. The van der Waals surface area contributed by atoms with E-state index in [9.17, 15) is 25.3 Å². The Morgan fingerprint density at radius 3 is 2.38 bits per heavy atom. The van der Waals surface area contributed by atoms with E-state index in [1.165, 1.54) is 0 Å². The predicted molar refractivity (Wildman–Crippen MR) is 40.8 cm³/mol. The number of hydrogen-bond acceptors (Lipinski definition) is 5. The summed E-state index contributed by atoms with van der Waals surface area (Å²) in [7, 11) is 0. The van der Waals surface area contributed by atoms with Gasteiger partial charge in [0, 0.05) is 18.2 Å². The molecule has 0 amide bonds. The van der Waals surface area contributed by atoms with E-state index in [0.29, 0.717) is 0 Å². The van der Waals surface area contributed by atoms with Gasteiger partial charge in [0.25, 0.3) is 5.70 Å². The van der Waals surface area contributed by atoms with Gasteiger partial charge in [0.1, 0.15) is 0 Å². The SMILES string of the molecule is O=[N+]([O-])C1=CCC(O)([N+](=O)[O-])C=C1. The lowest BCUT2D eigenvalue weighted by molar-refractivity contribution is -0.607. The third-order valence-electron chi connectivity index (χ3n) is 1.66. The average Bonchev–Trinajstić information content (AvgIpc) is 2.04. The molecule has 13 heavy (non-hydrogen) atoms. The average molecular weight is 186 g/mol. The summed E-state index contributed by atoms with van der Waals surface area (Å²) in [5, 5.41) is 29.6. The van der Waals surface area contributed by atoms with E-state index in [2.05, 4.69) is 0 Å². The number of rotatable bonds is 2. The van der Waals surface area contributed by atoms with Gasteiger partial charge >= 0.3 is 5.72 Å². The molecule has 7 nitrogen and oxygen atoms in total. The van der Waals surface area contributed by atoms with Crippen molar-refractivity contribution < 1.29 is 15.0 Å². The van der Waals surface area contributed by atoms with Gasteiger partial charge in [-0.2, -0.15) is 0 Å². The minimum atomic E-state index is -2.19. The number of allylic oxidation sites excluding steroid dienone is 1. The van der Waals surface area contributed by atoms with Gasteiger partial charge in [-0.05, 0) is 0 Å². The second kappa shape index (κ2) is 2.94. The second-order valence-corrected chi connectivity index (χ2v) is 2.56. The summed E-state index contributed by atoms with van der Waals surface area (Å²) < 4.78 is 0. The summed E-state index contributed by atoms with van der Waals surface area (Å²) in [5.74, 6) is 0. The number of nitrogens with zero attached hydrogens (tertiary/aromatic N) is 2. The lowest BCUT2D eigenvalue weighted by atomic mass is 10.0. The molecule has 1 atom stereocenters. The summed E-state index contributed by atoms with van der Waals surface area (Å²) in [5.41, 5.74) is -2.44. The molecule has 0 bridgehead atoms. The highest BCUT2D eigenvalue weighted by Crippen LogP contribution is 2.21. The molecule has 0 aromatic carbocycles. The summed E-state index contributed by atoms with van der Waals surface area (Å²) >= 11 is 0. The second-order valence-electron chi connectivity index (χ2n) is 2.56. The molecule has 7 heteroatoms. The van der Waals surface area contributed by atoms with Crippen LogP contribution in [0.2, 0.25) is 0 Å². The van der Waals surface area contributed by atoms with Crippen LogP contribution in [0.5, 0.6) is 0 Å². The van der Waals surface area contributed by atoms with Crippen LogP contribution in [-0.2, 0) is 0 Å². The van der Waals surface area contributed by atoms with Crippen molar-refractivity contribution in [2.45, 2.75) is 12.1 Å². The van der Waals surface area contributed by atoms with Crippen LogP contribution < -0.4 is 0 Å². The fourth-order valence-electron chi connectivity index (χ4n) is 0.880. The standard InChI is InChI=1S/C6H6N2O5/c9-6(8(12)13)3-1-5(2-4-6)7(10)11/h1-3,9H,4H2. The van der Waals surface area contributed by atoms with Crippen molar-refractivity contribution in [2.24, 2.45) is 0 Å². The summed E-state index contributed by atoms with van der Waals surface area (Å²) in [6.07, 6.45) is 2.37. The fourth-order valence-corrected chi connectivity index (χ4v) is 0.880.